The van der Waals surface area contributed by atoms with Crippen molar-refractivity contribution in [3.8, 4) is 0 Å². The summed E-state index contributed by atoms with van der Waals surface area (Å²) < 4.78 is 0. The fourth-order valence-corrected chi connectivity index (χ4v) is 5.14. The molecule has 2 aliphatic heterocycles. The number of para-hydroxylation sites is 1. The van der Waals surface area contributed by atoms with Crippen molar-refractivity contribution in [2.45, 2.75) is 37.5 Å². The van der Waals surface area contributed by atoms with E-state index in [4.69, 9.17) is 0 Å². The number of piperidine rings is 1. The lowest BCUT2D eigenvalue weighted by Gasteiger charge is -2.37. The van der Waals surface area contributed by atoms with E-state index in [-0.39, 0.29) is 5.91 Å². The second-order valence-corrected chi connectivity index (χ2v) is 8.56. The third-order valence-corrected chi connectivity index (χ3v) is 6.56. The summed E-state index contributed by atoms with van der Waals surface area (Å²) in [5.41, 5.74) is 4.05. The van der Waals surface area contributed by atoms with Crippen molar-refractivity contribution in [2.75, 3.05) is 18.1 Å². The largest absolute Gasteiger partial charge is 0.272 e. The maximum Gasteiger partial charge on any atom is 0.252 e. The molecule has 0 spiro atoms. The Bertz CT molecular complexity index is 968. The molecule has 0 aromatic heterocycles. The van der Waals surface area contributed by atoms with E-state index in [0.29, 0.717) is 12.8 Å². The van der Waals surface area contributed by atoms with Gasteiger partial charge >= 0.3 is 0 Å². The molecular weight excluding hydrogens is 368 g/mol. The first-order chi connectivity index (χ1) is 14.8. The number of nitrogens with zero attached hydrogens (tertiary/aromatic N) is 2. The van der Waals surface area contributed by atoms with E-state index in [2.05, 4.69) is 77.8 Å². The minimum absolute atomic E-state index is 0.221. The van der Waals surface area contributed by atoms with Crippen molar-refractivity contribution in [1.82, 2.24) is 5.01 Å². The number of hydrogen-bond donors (Lipinski definition) is 0. The van der Waals surface area contributed by atoms with Crippen LogP contribution in [0.4, 0.5) is 5.69 Å². The summed E-state index contributed by atoms with van der Waals surface area (Å²) in [4.78, 5) is 14.3. The van der Waals surface area contributed by atoms with Gasteiger partial charge in [-0.25, -0.2) is 10.0 Å². The summed E-state index contributed by atoms with van der Waals surface area (Å²) in [5.74, 6) is 0.221. The van der Waals surface area contributed by atoms with E-state index < -0.39 is 5.41 Å². The van der Waals surface area contributed by atoms with Gasteiger partial charge in [0.05, 0.1) is 11.1 Å². The quantitative estimate of drug-likeness (QED) is 0.595. The molecule has 1 saturated heterocycles. The van der Waals surface area contributed by atoms with E-state index in [1.54, 1.807) is 0 Å². The average molecular weight is 397 g/mol. The minimum atomic E-state index is -0.587. The standard InChI is InChI=1S/C27H28N2O/c30-26-27(20-22-12-4-1-5-13-22,21-23-14-6-2-7-15-23)24-16-8-9-17-25(24)29(26)28-18-10-3-11-19-28/h1-2,4-9,12-17H,3,10-11,18-21H2. The predicted molar refractivity (Wildman–Crippen MR) is 121 cm³/mol. The Hall–Kier alpha value is -2.91. The second-order valence-electron chi connectivity index (χ2n) is 8.56. The van der Waals surface area contributed by atoms with Gasteiger partial charge in [-0.1, -0.05) is 85.3 Å². The molecule has 2 heterocycles. The highest BCUT2D eigenvalue weighted by Crippen LogP contribution is 2.47. The zero-order valence-electron chi connectivity index (χ0n) is 17.3. The van der Waals surface area contributed by atoms with Crippen molar-refractivity contribution in [3.63, 3.8) is 0 Å². The summed E-state index contributed by atoms with van der Waals surface area (Å²) in [6.07, 6.45) is 4.97. The lowest BCUT2D eigenvalue weighted by molar-refractivity contribution is -0.126. The van der Waals surface area contributed by atoms with Gasteiger partial charge in [0.25, 0.3) is 5.91 Å². The van der Waals surface area contributed by atoms with Crippen molar-refractivity contribution >= 4 is 11.6 Å². The van der Waals surface area contributed by atoms with Crippen LogP contribution in [0.1, 0.15) is 36.0 Å². The molecule has 3 aromatic rings. The summed E-state index contributed by atoms with van der Waals surface area (Å²) in [6.45, 7) is 1.90. The maximum atomic E-state index is 14.3. The average Bonchev–Trinajstić information content (AvgIpc) is 3.04. The van der Waals surface area contributed by atoms with E-state index in [0.717, 1.165) is 37.2 Å². The minimum Gasteiger partial charge on any atom is -0.272 e. The predicted octanol–water partition coefficient (Wildman–Crippen LogP) is 5.16. The number of hydrazine groups is 1. The Morgan fingerprint density at radius 3 is 1.80 bits per heavy atom. The normalized spacial score (nSPS) is 18.4. The monoisotopic (exact) mass is 396 g/mol. The first-order valence-electron chi connectivity index (χ1n) is 11.0. The Morgan fingerprint density at radius 1 is 0.667 bits per heavy atom. The Balaban J connectivity index is 1.63. The van der Waals surface area contributed by atoms with Crippen LogP contribution in [0.5, 0.6) is 0 Å². The summed E-state index contributed by atoms with van der Waals surface area (Å²) in [6, 6.07) is 29.4. The molecule has 0 saturated carbocycles. The van der Waals surface area contributed by atoms with Gasteiger partial charge in [0.1, 0.15) is 0 Å². The highest BCUT2D eigenvalue weighted by atomic mass is 16.2. The molecule has 0 radical (unpaired) electrons. The lowest BCUT2D eigenvalue weighted by atomic mass is 9.72. The molecule has 0 unspecified atom stereocenters. The molecule has 1 fully saturated rings. The molecular formula is C27H28N2O. The third kappa shape index (κ3) is 3.33. The van der Waals surface area contributed by atoms with Gasteiger partial charge in [-0.2, -0.15) is 0 Å². The second kappa shape index (κ2) is 8.08. The van der Waals surface area contributed by atoms with Crippen LogP contribution < -0.4 is 5.01 Å². The van der Waals surface area contributed by atoms with Crippen LogP contribution in [0, 0.1) is 0 Å². The highest BCUT2D eigenvalue weighted by molar-refractivity contribution is 6.08. The molecule has 2 aliphatic rings. The number of amides is 1. The topological polar surface area (TPSA) is 23.6 Å². The van der Waals surface area contributed by atoms with E-state index in [9.17, 15) is 4.79 Å². The van der Waals surface area contributed by atoms with Gasteiger partial charge in [-0.3, -0.25) is 4.79 Å². The fraction of sp³-hybridized carbons (Fsp3) is 0.296. The Labute approximate surface area is 178 Å². The molecule has 152 valence electrons. The third-order valence-electron chi connectivity index (χ3n) is 6.56. The van der Waals surface area contributed by atoms with Crippen LogP contribution in [0.25, 0.3) is 0 Å². The molecule has 3 heteroatoms. The number of carbonyl (C=O) groups excluding carboxylic acids is 1. The summed E-state index contributed by atoms with van der Waals surface area (Å²) in [5, 5.41) is 4.29. The van der Waals surface area contributed by atoms with Crippen LogP contribution >= 0.6 is 0 Å². The van der Waals surface area contributed by atoms with Gasteiger partial charge < -0.3 is 0 Å². The van der Waals surface area contributed by atoms with Gasteiger partial charge in [-0.15, -0.1) is 0 Å². The van der Waals surface area contributed by atoms with Crippen molar-refractivity contribution < 1.29 is 4.79 Å². The van der Waals surface area contributed by atoms with Gasteiger partial charge in [-0.05, 0) is 48.4 Å². The number of anilines is 1. The molecule has 3 aromatic carbocycles. The number of carbonyl (C=O) groups is 1. The van der Waals surface area contributed by atoms with Crippen LogP contribution in [-0.2, 0) is 23.1 Å². The van der Waals surface area contributed by atoms with Crippen LogP contribution in [0.2, 0.25) is 0 Å². The molecule has 0 bridgehead atoms. The van der Waals surface area contributed by atoms with E-state index in [1.807, 2.05) is 17.1 Å². The van der Waals surface area contributed by atoms with Gasteiger partial charge in [0.15, 0.2) is 0 Å². The lowest BCUT2D eigenvalue weighted by Crippen LogP contribution is -2.52. The van der Waals surface area contributed by atoms with Gasteiger partial charge in [0.2, 0.25) is 0 Å². The number of fused-ring (bicyclic) bond motifs is 1. The Morgan fingerprint density at radius 2 is 1.20 bits per heavy atom. The molecule has 0 atom stereocenters. The zero-order valence-corrected chi connectivity index (χ0v) is 17.3. The first-order valence-corrected chi connectivity index (χ1v) is 11.0. The summed E-state index contributed by atoms with van der Waals surface area (Å²) in [7, 11) is 0. The van der Waals surface area contributed by atoms with Crippen LogP contribution in [-0.4, -0.2) is 24.0 Å². The van der Waals surface area contributed by atoms with Crippen LogP contribution in [0.3, 0.4) is 0 Å². The molecule has 1 amide bonds. The zero-order chi connectivity index (χ0) is 20.4. The Kier molecular flexibility index (Phi) is 5.14. The number of rotatable bonds is 5. The molecule has 3 nitrogen and oxygen atoms in total. The number of benzene rings is 3. The van der Waals surface area contributed by atoms with Crippen molar-refractivity contribution in [3.05, 3.63) is 102 Å². The smallest absolute Gasteiger partial charge is 0.252 e. The van der Waals surface area contributed by atoms with Crippen molar-refractivity contribution in [1.29, 1.82) is 0 Å². The van der Waals surface area contributed by atoms with E-state index >= 15 is 0 Å². The van der Waals surface area contributed by atoms with Crippen LogP contribution in [0.15, 0.2) is 84.9 Å². The van der Waals surface area contributed by atoms with E-state index in [1.165, 1.54) is 17.5 Å². The maximum absolute atomic E-state index is 14.3. The highest BCUT2D eigenvalue weighted by Gasteiger charge is 2.52. The van der Waals surface area contributed by atoms with Gasteiger partial charge in [0, 0.05) is 13.1 Å². The molecule has 0 aliphatic carbocycles. The van der Waals surface area contributed by atoms with Crippen molar-refractivity contribution in [2.24, 2.45) is 0 Å². The fourth-order valence-electron chi connectivity index (χ4n) is 5.14. The molecule has 5 rings (SSSR count). The summed E-state index contributed by atoms with van der Waals surface area (Å²) >= 11 is 0. The molecule has 30 heavy (non-hydrogen) atoms. The SMILES string of the molecule is O=C1N(N2CCCCC2)c2ccccc2C1(Cc1ccccc1)Cc1ccccc1. The number of hydrogen-bond acceptors (Lipinski definition) is 2. The molecule has 0 N–H and O–H groups in total. The first kappa shape index (κ1) is 19.1.